The summed E-state index contributed by atoms with van der Waals surface area (Å²) in [7, 11) is -3.63. The lowest BCUT2D eigenvalue weighted by molar-refractivity contribution is 0.247. The summed E-state index contributed by atoms with van der Waals surface area (Å²) in [5, 5.41) is 4.33. The zero-order chi connectivity index (χ0) is 21.1. The summed E-state index contributed by atoms with van der Waals surface area (Å²) in [5.41, 5.74) is 4.27. The minimum Gasteiger partial charge on any atom is -0.372 e. The van der Waals surface area contributed by atoms with Crippen LogP contribution in [0.15, 0.2) is 59.6 Å². The van der Waals surface area contributed by atoms with E-state index in [-0.39, 0.29) is 15.5 Å². The predicted octanol–water partition coefficient (Wildman–Crippen LogP) is 5.20. The molecule has 30 heavy (non-hydrogen) atoms. The third kappa shape index (κ3) is 3.05. The maximum atomic E-state index is 13.2. The van der Waals surface area contributed by atoms with Crippen LogP contribution in [-0.4, -0.2) is 30.4 Å². The Morgan fingerprint density at radius 2 is 1.77 bits per heavy atom. The van der Waals surface area contributed by atoms with Gasteiger partial charge in [-0.25, -0.2) is 8.42 Å². The van der Waals surface area contributed by atoms with Crippen molar-refractivity contribution in [2.75, 3.05) is 18.4 Å². The molecule has 3 heterocycles. The first kappa shape index (κ1) is 19.9. The average molecular weight is 462 g/mol. The Kier molecular flexibility index (Phi) is 4.67. The number of rotatable bonds is 2. The molecule has 0 saturated carbocycles. The van der Waals surface area contributed by atoms with Crippen molar-refractivity contribution in [1.82, 2.24) is 8.87 Å². The lowest BCUT2D eigenvalue weighted by Gasteiger charge is -2.46. The molecule has 0 amide bonds. The second kappa shape index (κ2) is 7.02. The van der Waals surface area contributed by atoms with E-state index in [0.29, 0.717) is 31.0 Å². The number of nitrogens with one attached hydrogen (secondary N) is 1. The number of piperidine rings is 1. The largest absolute Gasteiger partial charge is 0.372 e. The van der Waals surface area contributed by atoms with Gasteiger partial charge in [0, 0.05) is 25.0 Å². The van der Waals surface area contributed by atoms with Gasteiger partial charge in [0.15, 0.2) is 0 Å². The fourth-order valence-corrected chi connectivity index (χ4v) is 6.37. The van der Waals surface area contributed by atoms with Gasteiger partial charge in [0.05, 0.1) is 31.9 Å². The van der Waals surface area contributed by atoms with Gasteiger partial charge in [0.2, 0.25) is 10.0 Å². The van der Waals surface area contributed by atoms with Gasteiger partial charge >= 0.3 is 0 Å². The molecule has 5 rings (SSSR count). The zero-order valence-corrected chi connectivity index (χ0v) is 18.7. The molecule has 156 valence electrons. The molecule has 2 aromatic carbocycles. The van der Waals surface area contributed by atoms with Crippen molar-refractivity contribution in [3.8, 4) is 5.69 Å². The predicted molar refractivity (Wildman–Crippen MR) is 120 cm³/mol. The van der Waals surface area contributed by atoms with Gasteiger partial charge in [-0.1, -0.05) is 29.3 Å². The van der Waals surface area contributed by atoms with Gasteiger partial charge in [0.1, 0.15) is 0 Å². The van der Waals surface area contributed by atoms with Crippen LogP contribution < -0.4 is 5.32 Å². The number of anilines is 1. The van der Waals surface area contributed by atoms with E-state index in [0.717, 1.165) is 11.4 Å². The van der Waals surface area contributed by atoms with E-state index >= 15 is 0 Å². The number of nitrogens with zero attached hydrogens (tertiary/aromatic N) is 2. The fraction of sp³-hybridized carbons (Fsp3) is 0.273. The molecule has 1 fully saturated rings. The van der Waals surface area contributed by atoms with E-state index in [4.69, 9.17) is 23.2 Å². The van der Waals surface area contributed by atoms with Gasteiger partial charge in [0.25, 0.3) is 0 Å². The van der Waals surface area contributed by atoms with Crippen LogP contribution in [0.25, 0.3) is 5.69 Å². The summed E-state index contributed by atoms with van der Waals surface area (Å²) in [6.07, 6.45) is 3.42. The van der Waals surface area contributed by atoms with E-state index in [2.05, 4.69) is 47.3 Å². The van der Waals surface area contributed by atoms with Gasteiger partial charge in [-0.2, -0.15) is 4.31 Å². The first-order valence-electron chi connectivity index (χ1n) is 9.82. The van der Waals surface area contributed by atoms with Crippen LogP contribution in [0.1, 0.15) is 24.1 Å². The van der Waals surface area contributed by atoms with E-state index < -0.39 is 10.0 Å². The highest BCUT2D eigenvalue weighted by Gasteiger charge is 2.43. The number of hydrogen-bond acceptors (Lipinski definition) is 3. The molecule has 1 aromatic heterocycles. The Hall–Kier alpha value is -1.99. The molecule has 0 bridgehead atoms. The Bertz CT molecular complexity index is 1250. The third-order valence-electron chi connectivity index (χ3n) is 6.13. The van der Waals surface area contributed by atoms with Crippen LogP contribution in [0, 0.1) is 6.92 Å². The lowest BCUT2D eigenvalue weighted by atomic mass is 9.83. The van der Waals surface area contributed by atoms with Crippen LogP contribution in [0.3, 0.4) is 0 Å². The molecule has 2 aliphatic heterocycles. The van der Waals surface area contributed by atoms with E-state index in [9.17, 15) is 8.42 Å². The third-order valence-corrected chi connectivity index (χ3v) is 8.76. The van der Waals surface area contributed by atoms with Crippen molar-refractivity contribution in [2.24, 2.45) is 0 Å². The highest BCUT2D eigenvalue weighted by atomic mass is 35.5. The van der Waals surface area contributed by atoms with E-state index in [1.807, 2.05) is 6.07 Å². The molecular weight excluding hydrogens is 441 g/mol. The molecule has 1 saturated heterocycles. The minimum atomic E-state index is -3.63. The van der Waals surface area contributed by atoms with Crippen LogP contribution in [0.5, 0.6) is 0 Å². The monoisotopic (exact) mass is 461 g/mol. The fourth-order valence-electron chi connectivity index (χ4n) is 4.54. The van der Waals surface area contributed by atoms with Gasteiger partial charge < -0.3 is 9.88 Å². The normalized spacial score (nSPS) is 18.0. The van der Waals surface area contributed by atoms with E-state index in [1.54, 1.807) is 4.31 Å². The molecule has 8 heteroatoms. The van der Waals surface area contributed by atoms with Crippen molar-refractivity contribution >= 4 is 38.9 Å². The number of hydrogen-bond donors (Lipinski definition) is 1. The average Bonchev–Trinajstić information content (AvgIpc) is 3.21. The topological polar surface area (TPSA) is 54.3 Å². The molecule has 3 aromatic rings. The Balaban J connectivity index is 1.45. The molecule has 5 nitrogen and oxygen atoms in total. The summed E-state index contributed by atoms with van der Waals surface area (Å²) in [4.78, 5) is 0.175. The summed E-state index contributed by atoms with van der Waals surface area (Å²) in [6, 6.07) is 15.0. The van der Waals surface area contributed by atoms with Crippen LogP contribution in [0.2, 0.25) is 10.0 Å². The SMILES string of the molecule is Cc1ccc2c(c1)NC1(CCN(S(=O)(=O)c3ccc(Cl)c(Cl)c3)CC1)c1cccn1-2. The number of aromatic nitrogens is 1. The molecular formula is C22H21Cl2N3O2S. The standard InChI is InChI=1S/C22H21Cl2N3O2S/c1-15-4-7-20-19(13-15)25-22(21-3-2-10-27(20)21)8-11-26(12-9-22)30(28,29)16-5-6-17(23)18(24)14-16/h2-7,10,13-14,25H,8-9,11-12H2,1H3. The van der Waals surface area contributed by atoms with E-state index in [1.165, 1.54) is 29.5 Å². The summed E-state index contributed by atoms with van der Waals surface area (Å²) < 4.78 is 30.1. The van der Waals surface area contributed by atoms with Crippen LogP contribution in [-0.2, 0) is 15.6 Å². The molecule has 0 radical (unpaired) electrons. The number of fused-ring (bicyclic) bond motifs is 4. The van der Waals surface area contributed by atoms with Crippen LogP contribution in [0.4, 0.5) is 5.69 Å². The number of aryl methyl sites for hydroxylation is 1. The molecule has 0 atom stereocenters. The highest BCUT2D eigenvalue weighted by Crippen LogP contribution is 2.44. The van der Waals surface area contributed by atoms with Crippen LogP contribution >= 0.6 is 23.2 Å². The smallest absolute Gasteiger partial charge is 0.243 e. The molecule has 0 unspecified atom stereocenters. The molecule has 0 aliphatic carbocycles. The maximum Gasteiger partial charge on any atom is 0.243 e. The van der Waals surface area contributed by atoms with Gasteiger partial charge in [-0.3, -0.25) is 0 Å². The van der Waals surface area contributed by atoms with Crippen molar-refractivity contribution in [1.29, 1.82) is 0 Å². The molecule has 2 aliphatic rings. The van der Waals surface area contributed by atoms with Crippen molar-refractivity contribution < 1.29 is 8.42 Å². The first-order chi connectivity index (χ1) is 14.3. The summed E-state index contributed by atoms with van der Waals surface area (Å²) >= 11 is 12.0. The second-order valence-electron chi connectivity index (χ2n) is 7.97. The number of benzene rings is 2. The highest BCUT2D eigenvalue weighted by molar-refractivity contribution is 7.89. The van der Waals surface area contributed by atoms with Crippen molar-refractivity contribution in [3.05, 3.63) is 76.0 Å². The molecule has 1 spiro atoms. The van der Waals surface area contributed by atoms with Crippen molar-refractivity contribution in [3.63, 3.8) is 0 Å². The Labute approximate surface area is 186 Å². The first-order valence-corrected chi connectivity index (χ1v) is 12.0. The quantitative estimate of drug-likeness (QED) is 0.570. The number of halogens is 2. The summed E-state index contributed by atoms with van der Waals surface area (Å²) in [5.74, 6) is 0. The Morgan fingerprint density at radius 1 is 1.00 bits per heavy atom. The second-order valence-corrected chi connectivity index (χ2v) is 10.7. The lowest BCUT2D eigenvalue weighted by Crippen LogP contribution is -2.51. The van der Waals surface area contributed by atoms with Gasteiger partial charge in [-0.15, -0.1) is 0 Å². The Morgan fingerprint density at radius 3 is 2.50 bits per heavy atom. The minimum absolute atomic E-state index is 0.175. The maximum absolute atomic E-state index is 13.2. The van der Waals surface area contributed by atoms with Gasteiger partial charge in [-0.05, 0) is 67.8 Å². The zero-order valence-electron chi connectivity index (χ0n) is 16.4. The van der Waals surface area contributed by atoms with Crippen molar-refractivity contribution in [2.45, 2.75) is 30.2 Å². The molecule has 1 N–H and O–H groups in total. The summed E-state index contributed by atoms with van der Waals surface area (Å²) in [6.45, 7) is 2.91. The number of sulfonamides is 1.